The van der Waals surface area contributed by atoms with Gasteiger partial charge in [-0.2, -0.15) is 4.98 Å². The van der Waals surface area contributed by atoms with Gasteiger partial charge in [-0.25, -0.2) is 4.79 Å². The van der Waals surface area contributed by atoms with Crippen molar-refractivity contribution in [3.05, 3.63) is 22.2 Å². The highest BCUT2D eigenvalue weighted by Crippen LogP contribution is 2.21. The third-order valence-corrected chi connectivity index (χ3v) is 2.59. The number of nitrogens with one attached hydrogen (secondary N) is 1. The maximum atomic E-state index is 11.7. The first-order chi connectivity index (χ1) is 7.22. The van der Waals surface area contributed by atoms with E-state index in [2.05, 4.69) is 10.3 Å². The molecular formula is C10H15N3O2. The molecule has 2 rings (SSSR count). The number of anilines is 1. The Labute approximate surface area is 88.1 Å². The van der Waals surface area contributed by atoms with Crippen LogP contribution in [0.25, 0.3) is 0 Å². The summed E-state index contributed by atoms with van der Waals surface area (Å²) in [7, 11) is 1.76. The molecule has 0 radical (unpaired) electrons. The van der Waals surface area contributed by atoms with Gasteiger partial charge in [0.1, 0.15) is 12.0 Å². The van der Waals surface area contributed by atoms with Crippen molar-refractivity contribution in [2.24, 2.45) is 0 Å². The summed E-state index contributed by atoms with van der Waals surface area (Å²) in [5.41, 5.74) is 0.699. The molecule has 15 heavy (non-hydrogen) atoms. The smallest absolute Gasteiger partial charge is 0.351 e. The number of hydrogen-bond acceptors (Lipinski definition) is 4. The molecule has 0 unspecified atom stereocenters. The van der Waals surface area contributed by atoms with Crippen molar-refractivity contribution in [2.45, 2.75) is 26.0 Å². The molecule has 0 saturated carbocycles. The average molecular weight is 209 g/mol. The van der Waals surface area contributed by atoms with Gasteiger partial charge < -0.3 is 10.1 Å². The van der Waals surface area contributed by atoms with E-state index in [-0.39, 0.29) is 11.9 Å². The summed E-state index contributed by atoms with van der Waals surface area (Å²) in [6, 6.07) is 0. The summed E-state index contributed by atoms with van der Waals surface area (Å²) in [5.74, 6) is 0.634. The molecule has 1 saturated heterocycles. The third kappa shape index (κ3) is 1.87. The van der Waals surface area contributed by atoms with Crippen LogP contribution in [0.4, 0.5) is 5.82 Å². The minimum atomic E-state index is -0.253. The Kier molecular flexibility index (Phi) is 2.73. The zero-order valence-electron chi connectivity index (χ0n) is 8.99. The summed E-state index contributed by atoms with van der Waals surface area (Å²) >= 11 is 0. The number of aromatic nitrogens is 2. The topological polar surface area (TPSA) is 56.2 Å². The molecular weight excluding hydrogens is 194 g/mol. The maximum absolute atomic E-state index is 11.7. The van der Waals surface area contributed by atoms with Crippen molar-refractivity contribution in [3.63, 3.8) is 0 Å². The monoisotopic (exact) mass is 209 g/mol. The summed E-state index contributed by atoms with van der Waals surface area (Å²) < 4.78 is 7.02. The lowest BCUT2D eigenvalue weighted by Crippen LogP contribution is -2.27. The molecule has 1 aliphatic heterocycles. The summed E-state index contributed by atoms with van der Waals surface area (Å²) in [5, 5.41) is 2.89. The van der Waals surface area contributed by atoms with Crippen LogP contribution in [0.1, 0.15) is 24.6 Å². The van der Waals surface area contributed by atoms with Crippen molar-refractivity contribution in [1.82, 2.24) is 9.55 Å². The zero-order valence-corrected chi connectivity index (χ0v) is 8.99. The largest absolute Gasteiger partial charge is 0.373 e. The van der Waals surface area contributed by atoms with Crippen molar-refractivity contribution >= 4 is 5.82 Å². The van der Waals surface area contributed by atoms with Gasteiger partial charge >= 0.3 is 5.69 Å². The van der Waals surface area contributed by atoms with E-state index in [0.29, 0.717) is 5.82 Å². The Morgan fingerprint density at radius 2 is 2.47 bits per heavy atom. The first-order valence-electron chi connectivity index (χ1n) is 5.11. The van der Waals surface area contributed by atoms with Crippen LogP contribution < -0.4 is 11.0 Å². The van der Waals surface area contributed by atoms with Crippen LogP contribution in [0.5, 0.6) is 0 Å². The van der Waals surface area contributed by atoms with Gasteiger partial charge in [0.15, 0.2) is 0 Å². The Hall–Kier alpha value is -1.36. The lowest BCUT2D eigenvalue weighted by Gasteiger charge is -2.14. The summed E-state index contributed by atoms with van der Waals surface area (Å²) in [6.07, 6.45) is 3.57. The Balaban J connectivity index is 2.40. The van der Waals surface area contributed by atoms with E-state index in [0.717, 1.165) is 25.0 Å². The number of rotatable bonds is 2. The number of ether oxygens (including phenoxy) is 1. The molecule has 1 fully saturated rings. The molecule has 1 N–H and O–H groups in total. The predicted octanol–water partition coefficient (Wildman–Crippen LogP) is 0.902. The third-order valence-electron chi connectivity index (χ3n) is 2.59. The highest BCUT2D eigenvalue weighted by molar-refractivity contribution is 5.40. The molecule has 1 aromatic rings. The predicted molar refractivity (Wildman–Crippen MR) is 57.0 cm³/mol. The number of aryl methyl sites for hydroxylation is 1. The Morgan fingerprint density at radius 3 is 3.07 bits per heavy atom. The van der Waals surface area contributed by atoms with Crippen molar-refractivity contribution < 1.29 is 4.74 Å². The Morgan fingerprint density at radius 1 is 1.67 bits per heavy atom. The number of nitrogens with zero attached hydrogens (tertiary/aromatic N) is 2. The minimum Gasteiger partial charge on any atom is -0.373 e. The fourth-order valence-electron chi connectivity index (χ4n) is 1.81. The van der Waals surface area contributed by atoms with Crippen LogP contribution in [0.15, 0.2) is 11.0 Å². The van der Waals surface area contributed by atoms with Gasteiger partial charge in [0.25, 0.3) is 0 Å². The minimum absolute atomic E-state index is 0.130. The second-order valence-corrected chi connectivity index (χ2v) is 3.68. The van der Waals surface area contributed by atoms with Crippen LogP contribution in [0, 0.1) is 6.92 Å². The van der Waals surface area contributed by atoms with Crippen molar-refractivity contribution in [1.29, 1.82) is 0 Å². The molecule has 0 aliphatic carbocycles. The Bertz CT molecular complexity index is 408. The molecule has 82 valence electrons. The molecule has 5 heteroatoms. The normalized spacial score (nSPS) is 20.5. The van der Waals surface area contributed by atoms with Gasteiger partial charge in [-0.3, -0.25) is 4.57 Å². The van der Waals surface area contributed by atoms with E-state index in [1.807, 2.05) is 6.92 Å². The fraction of sp³-hybridized carbons (Fsp3) is 0.600. The SMILES string of the molecule is CNc1nc(=O)n([C@@H]2CCCO2)cc1C. The lowest BCUT2D eigenvalue weighted by molar-refractivity contribution is 0.0526. The van der Waals surface area contributed by atoms with Gasteiger partial charge in [0.2, 0.25) is 0 Å². The van der Waals surface area contributed by atoms with E-state index in [1.165, 1.54) is 0 Å². The van der Waals surface area contributed by atoms with Gasteiger partial charge in [0.05, 0.1) is 0 Å². The van der Waals surface area contributed by atoms with Crippen molar-refractivity contribution in [2.75, 3.05) is 19.0 Å². The summed E-state index contributed by atoms with van der Waals surface area (Å²) in [6.45, 7) is 2.65. The quantitative estimate of drug-likeness (QED) is 0.786. The van der Waals surface area contributed by atoms with Crippen LogP contribution in [-0.2, 0) is 4.74 Å². The standard InChI is InChI=1S/C10H15N3O2/c1-7-6-13(8-4-3-5-15-8)10(14)12-9(7)11-2/h6,8H,3-5H2,1-2H3,(H,11,12,14)/t8-/m0/s1. The van der Waals surface area contributed by atoms with Gasteiger partial charge in [-0.1, -0.05) is 0 Å². The second-order valence-electron chi connectivity index (χ2n) is 3.68. The first kappa shape index (κ1) is 10.2. The van der Waals surface area contributed by atoms with E-state index in [1.54, 1.807) is 17.8 Å². The highest BCUT2D eigenvalue weighted by Gasteiger charge is 2.19. The fourth-order valence-corrected chi connectivity index (χ4v) is 1.81. The van der Waals surface area contributed by atoms with E-state index in [4.69, 9.17) is 4.74 Å². The molecule has 0 bridgehead atoms. The molecule has 0 amide bonds. The van der Waals surface area contributed by atoms with E-state index >= 15 is 0 Å². The second kappa shape index (κ2) is 4.02. The first-order valence-corrected chi connectivity index (χ1v) is 5.11. The van der Waals surface area contributed by atoms with E-state index in [9.17, 15) is 4.79 Å². The number of hydrogen-bond donors (Lipinski definition) is 1. The van der Waals surface area contributed by atoms with Crippen LogP contribution >= 0.6 is 0 Å². The van der Waals surface area contributed by atoms with Crippen molar-refractivity contribution in [3.8, 4) is 0 Å². The lowest BCUT2D eigenvalue weighted by atomic mass is 10.3. The average Bonchev–Trinajstić information content (AvgIpc) is 2.74. The van der Waals surface area contributed by atoms with Crippen LogP contribution in [0.3, 0.4) is 0 Å². The molecule has 1 atom stereocenters. The van der Waals surface area contributed by atoms with Gasteiger partial charge in [0, 0.05) is 25.4 Å². The van der Waals surface area contributed by atoms with Gasteiger partial charge in [-0.05, 0) is 19.8 Å². The van der Waals surface area contributed by atoms with Crippen LogP contribution in [-0.4, -0.2) is 23.2 Å². The summed E-state index contributed by atoms with van der Waals surface area (Å²) in [4.78, 5) is 15.6. The molecule has 1 aliphatic rings. The molecule has 2 heterocycles. The molecule has 5 nitrogen and oxygen atoms in total. The molecule has 0 spiro atoms. The van der Waals surface area contributed by atoms with Crippen LogP contribution in [0.2, 0.25) is 0 Å². The highest BCUT2D eigenvalue weighted by atomic mass is 16.5. The molecule has 1 aromatic heterocycles. The van der Waals surface area contributed by atoms with Gasteiger partial charge in [-0.15, -0.1) is 0 Å². The molecule has 0 aromatic carbocycles. The zero-order chi connectivity index (χ0) is 10.8. The maximum Gasteiger partial charge on any atom is 0.351 e. The van der Waals surface area contributed by atoms with E-state index < -0.39 is 0 Å².